The molecule has 26 heavy (non-hydrogen) atoms. The minimum Gasteiger partial charge on any atom is -0.507 e. The number of ketones is 1. The quantitative estimate of drug-likeness (QED) is 0.357. The number of ether oxygens (including phenoxy) is 1. The van der Waals surface area contributed by atoms with Gasteiger partial charge in [-0.05, 0) is 31.9 Å². The van der Waals surface area contributed by atoms with E-state index < -0.39 is 12.0 Å². The van der Waals surface area contributed by atoms with Gasteiger partial charge >= 0.3 is 6.09 Å². The first-order valence-corrected chi connectivity index (χ1v) is 8.88. The van der Waals surface area contributed by atoms with Crippen LogP contribution in [0.4, 0.5) is 14.3 Å². The lowest BCUT2D eigenvalue weighted by Crippen LogP contribution is -2.21. The van der Waals surface area contributed by atoms with Crippen LogP contribution in [-0.2, 0) is 11.2 Å². The molecule has 10 heteroatoms. The summed E-state index contributed by atoms with van der Waals surface area (Å²) in [5.74, 6) is -1.30. The number of hydrogen-bond donors (Lipinski definition) is 2. The highest BCUT2D eigenvalue weighted by molar-refractivity contribution is 7.83. The second-order valence-corrected chi connectivity index (χ2v) is 6.69. The van der Waals surface area contributed by atoms with E-state index in [1.54, 1.807) is 6.92 Å². The maximum atomic E-state index is 12.9. The Bertz CT molecular complexity index is 895. The number of pyridine rings is 1. The smallest absolute Gasteiger partial charge is 0.426 e. The van der Waals surface area contributed by atoms with E-state index in [2.05, 4.69) is 22.8 Å². The number of amides is 1. The lowest BCUT2D eigenvalue weighted by Gasteiger charge is -2.14. The van der Waals surface area contributed by atoms with Gasteiger partial charge in [-0.3, -0.25) is 4.79 Å². The van der Waals surface area contributed by atoms with Gasteiger partial charge in [0.05, 0.1) is 12.3 Å². The molecule has 0 saturated carbocycles. The van der Waals surface area contributed by atoms with Crippen molar-refractivity contribution in [2.24, 2.45) is 0 Å². The number of aromatic nitrogens is 2. The zero-order valence-corrected chi connectivity index (χ0v) is 15.3. The number of aliphatic hydroxyl groups is 1. The zero-order chi connectivity index (χ0) is 18.8. The van der Waals surface area contributed by atoms with Gasteiger partial charge in [0.15, 0.2) is 0 Å². The Morgan fingerprint density at radius 3 is 2.88 bits per heavy atom. The van der Waals surface area contributed by atoms with Crippen LogP contribution in [0.2, 0.25) is 0 Å². The molecule has 1 amide bonds. The van der Waals surface area contributed by atoms with Crippen LogP contribution < -0.4 is 4.31 Å². The highest BCUT2D eigenvalue weighted by Gasteiger charge is 2.31. The van der Waals surface area contributed by atoms with Crippen molar-refractivity contribution in [3.8, 4) is 0 Å². The van der Waals surface area contributed by atoms with Crippen LogP contribution in [0.3, 0.4) is 0 Å². The van der Waals surface area contributed by atoms with Gasteiger partial charge in [0, 0.05) is 17.3 Å². The molecule has 3 rings (SSSR count). The Labute approximate surface area is 157 Å². The lowest BCUT2D eigenvalue weighted by atomic mass is 9.93. The molecule has 7 nitrogen and oxygen atoms in total. The molecular weight excluding hydrogens is 381 g/mol. The van der Waals surface area contributed by atoms with E-state index in [9.17, 15) is 19.1 Å². The molecule has 0 fully saturated rings. The van der Waals surface area contributed by atoms with Crippen molar-refractivity contribution >= 4 is 46.9 Å². The summed E-state index contributed by atoms with van der Waals surface area (Å²) < 4.78 is 18.7. The molecule has 0 saturated heterocycles. The predicted octanol–water partition coefficient (Wildman–Crippen LogP) is 3.58. The maximum Gasteiger partial charge on any atom is 0.426 e. The van der Waals surface area contributed by atoms with E-state index in [1.165, 1.54) is 6.07 Å². The summed E-state index contributed by atoms with van der Waals surface area (Å²) in [4.78, 5) is 32.5. The molecule has 0 bridgehead atoms. The van der Waals surface area contributed by atoms with Gasteiger partial charge in [0.25, 0.3) is 0 Å². The van der Waals surface area contributed by atoms with Gasteiger partial charge in [-0.1, -0.05) is 24.2 Å². The Morgan fingerprint density at radius 2 is 2.23 bits per heavy atom. The fourth-order valence-corrected chi connectivity index (χ4v) is 3.66. The molecule has 0 atom stereocenters. The molecule has 0 radical (unpaired) electrons. The van der Waals surface area contributed by atoms with Crippen LogP contribution in [0.1, 0.15) is 34.3 Å². The third-order valence-corrected chi connectivity index (χ3v) is 5.26. The summed E-state index contributed by atoms with van der Waals surface area (Å²) in [6.07, 6.45) is 1.15. The minimum atomic E-state index is -0.689. The number of halogens is 1. The standard InChI is InChI=1S/C16H14FN3O4S2/c1-2-24-16(23)20(25)15-19-10-5-4-9(13(22)14(10)26-15)12(21)8-3-6-11(17)18-7-8/h3,6-7,21,25H,2,4-5H2,1H3. The number of aliphatic hydroxyl groups excluding tert-OH is 1. The van der Waals surface area contributed by atoms with Gasteiger partial charge in [-0.2, -0.15) is 8.70 Å². The average Bonchev–Trinajstić information content (AvgIpc) is 3.07. The van der Waals surface area contributed by atoms with Crippen LogP contribution in [0.5, 0.6) is 0 Å². The second-order valence-electron chi connectivity index (χ2n) is 5.31. The van der Waals surface area contributed by atoms with E-state index in [1.807, 2.05) is 0 Å². The number of rotatable bonds is 3. The molecule has 1 aliphatic rings. The molecule has 2 aromatic heterocycles. The number of thiol groups is 1. The van der Waals surface area contributed by atoms with Crippen molar-refractivity contribution < 1.29 is 23.8 Å². The molecular formula is C16H14FN3O4S2. The average molecular weight is 395 g/mol. The van der Waals surface area contributed by atoms with E-state index >= 15 is 0 Å². The van der Waals surface area contributed by atoms with Crippen LogP contribution in [0, 0.1) is 5.95 Å². The van der Waals surface area contributed by atoms with Gasteiger partial charge in [0.1, 0.15) is 10.6 Å². The molecule has 0 aliphatic heterocycles. The highest BCUT2D eigenvalue weighted by Crippen LogP contribution is 2.36. The minimum absolute atomic E-state index is 0.187. The highest BCUT2D eigenvalue weighted by atomic mass is 32.1. The fourth-order valence-electron chi connectivity index (χ4n) is 2.45. The maximum absolute atomic E-state index is 12.9. The van der Waals surface area contributed by atoms with Gasteiger partial charge in [-0.15, -0.1) is 0 Å². The number of thiazole rings is 1. The lowest BCUT2D eigenvalue weighted by molar-refractivity contribution is 0.102. The molecule has 1 N–H and O–H groups in total. The van der Waals surface area contributed by atoms with Crippen molar-refractivity contribution in [1.29, 1.82) is 0 Å². The number of Topliss-reactive ketones (excluding diaryl/α,β-unsaturated/α-hetero) is 1. The molecule has 2 aromatic rings. The summed E-state index contributed by atoms with van der Waals surface area (Å²) in [6, 6.07) is 2.45. The van der Waals surface area contributed by atoms with Crippen LogP contribution in [0.15, 0.2) is 23.9 Å². The van der Waals surface area contributed by atoms with Crippen molar-refractivity contribution in [2.45, 2.75) is 19.8 Å². The first-order chi connectivity index (χ1) is 12.4. The van der Waals surface area contributed by atoms with Crippen molar-refractivity contribution in [3.05, 3.63) is 46.0 Å². The molecule has 0 unspecified atom stereocenters. The normalized spacial score (nSPS) is 15.4. The summed E-state index contributed by atoms with van der Waals surface area (Å²) in [5, 5.41) is 10.6. The Balaban J connectivity index is 1.92. The molecule has 0 spiro atoms. The van der Waals surface area contributed by atoms with Crippen LogP contribution in [-0.4, -0.2) is 33.6 Å². The third-order valence-electron chi connectivity index (χ3n) is 3.69. The van der Waals surface area contributed by atoms with Crippen molar-refractivity contribution in [1.82, 2.24) is 9.97 Å². The van der Waals surface area contributed by atoms with Crippen molar-refractivity contribution in [2.75, 3.05) is 10.9 Å². The zero-order valence-electron chi connectivity index (χ0n) is 13.6. The Hall–Kier alpha value is -2.46. The second kappa shape index (κ2) is 7.42. The number of carbonyl (C=O) groups is 2. The van der Waals surface area contributed by atoms with Crippen LogP contribution >= 0.6 is 24.2 Å². The molecule has 136 valence electrons. The number of anilines is 1. The molecule has 0 aromatic carbocycles. The molecule has 2 heterocycles. The Kier molecular flexibility index (Phi) is 5.23. The summed E-state index contributed by atoms with van der Waals surface area (Å²) in [6.45, 7) is 1.85. The van der Waals surface area contributed by atoms with E-state index in [4.69, 9.17) is 4.74 Å². The third kappa shape index (κ3) is 3.42. The first-order valence-electron chi connectivity index (χ1n) is 7.66. The SMILES string of the molecule is CCOC(=O)N(S)c1nc2c(s1)C(=O)C(=C(O)c1ccc(F)nc1)CC2. The number of carbonyl (C=O) groups excluding carboxylic acids is 2. The number of nitrogens with zero attached hydrogens (tertiary/aromatic N) is 3. The fraction of sp³-hybridized carbons (Fsp3) is 0.250. The number of allylic oxidation sites excluding steroid dienone is 1. The summed E-state index contributed by atoms with van der Waals surface area (Å²) in [7, 11) is 0. The van der Waals surface area contributed by atoms with Crippen LogP contribution in [0.25, 0.3) is 5.76 Å². The van der Waals surface area contributed by atoms with Gasteiger partial charge in [0.2, 0.25) is 16.9 Å². The van der Waals surface area contributed by atoms with Gasteiger partial charge in [-0.25, -0.2) is 14.8 Å². The predicted molar refractivity (Wildman–Crippen MR) is 97.0 cm³/mol. The number of fused-ring (bicyclic) bond motifs is 1. The topological polar surface area (TPSA) is 92.6 Å². The Morgan fingerprint density at radius 1 is 1.46 bits per heavy atom. The largest absolute Gasteiger partial charge is 0.507 e. The van der Waals surface area contributed by atoms with E-state index in [0.717, 1.165) is 27.9 Å². The number of aryl methyl sites for hydroxylation is 1. The first kappa shape index (κ1) is 18.3. The number of hydrogen-bond acceptors (Lipinski definition) is 8. The van der Waals surface area contributed by atoms with Gasteiger partial charge < -0.3 is 9.84 Å². The summed E-state index contributed by atoms with van der Waals surface area (Å²) >= 11 is 5.05. The monoisotopic (exact) mass is 395 g/mol. The van der Waals surface area contributed by atoms with E-state index in [-0.39, 0.29) is 40.8 Å². The summed E-state index contributed by atoms with van der Waals surface area (Å²) in [5.41, 5.74) is 0.986. The molecule has 1 aliphatic carbocycles. The van der Waals surface area contributed by atoms with E-state index in [0.29, 0.717) is 17.0 Å². The van der Waals surface area contributed by atoms with Crippen molar-refractivity contribution in [3.63, 3.8) is 0 Å².